The number of amides is 1. The van der Waals surface area contributed by atoms with Gasteiger partial charge in [-0.15, -0.1) is 21.5 Å². The van der Waals surface area contributed by atoms with Crippen LogP contribution in [0.1, 0.15) is 36.2 Å². The van der Waals surface area contributed by atoms with E-state index in [0.717, 1.165) is 17.8 Å². The van der Waals surface area contributed by atoms with Crippen molar-refractivity contribution in [1.29, 1.82) is 0 Å². The number of hydrogen-bond donors (Lipinski definition) is 1. The molecule has 0 aliphatic heterocycles. The summed E-state index contributed by atoms with van der Waals surface area (Å²) in [6.07, 6.45) is 0.731. The molecule has 3 aromatic rings. The topological polar surface area (TPSA) is 59.8 Å². The molecule has 0 saturated carbocycles. The van der Waals surface area contributed by atoms with Crippen LogP contribution in [0.25, 0.3) is 0 Å². The Balaban J connectivity index is 1.62. The molecule has 0 radical (unpaired) electrons. The SMILES string of the molecule is CC(Sc1nnc(Cc2cccs2)n1C)C(=O)NC(C)c1ccc(Cl)cc1Cl. The average Bonchev–Trinajstić information content (AvgIpc) is 3.27. The van der Waals surface area contributed by atoms with E-state index in [0.29, 0.717) is 15.2 Å². The van der Waals surface area contributed by atoms with Crippen LogP contribution in [0.15, 0.2) is 40.9 Å². The number of hydrogen-bond acceptors (Lipinski definition) is 5. The fraction of sp³-hybridized carbons (Fsp3) is 0.316. The Bertz CT molecular complexity index is 959. The van der Waals surface area contributed by atoms with Crippen LogP contribution in [0.2, 0.25) is 10.0 Å². The van der Waals surface area contributed by atoms with E-state index in [9.17, 15) is 4.79 Å². The Morgan fingerprint density at radius 1 is 1.29 bits per heavy atom. The Kier molecular flexibility index (Phi) is 7.04. The lowest BCUT2D eigenvalue weighted by molar-refractivity contribution is -0.120. The van der Waals surface area contributed by atoms with Gasteiger partial charge in [-0.2, -0.15) is 0 Å². The zero-order valence-electron chi connectivity index (χ0n) is 15.6. The molecule has 1 aromatic carbocycles. The van der Waals surface area contributed by atoms with E-state index < -0.39 is 0 Å². The molecule has 0 bridgehead atoms. The third-order valence-corrected chi connectivity index (χ3v) is 6.85. The van der Waals surface area contributed by atoms with Crippen molar-refractivity contribution in [3.8, 4) is 0 Å². The van der Waals surface area contributed by atoms with Gasteiger partial charge in [-0.3, -0.25) is 4.79 Å². The van der Waals surface area contributed by atoms with E-state index in [2.05, 4.69) is 21.6 Å². The van der Waals surface area contributed by atoms with Crippen LogP contribution in [0.3, 0.4) is 0 Å². The van der Waals surface area contributed by atoms with Crippen LogP contribution in [-0.4, -0.2) is 25.9 Å². The van der Waals surface area contributed by atoms with Gasteiger partial charge in [-0.25, -0.2) is 0 Å². The molecule has 0 spiro atoms. The molecule has 1 N–H and O–H groups in total. The summed E-state index contributed by atoms with van der Waals surface area (Å²) in [6, 6.07) is 9.13. The van der Waals surface area contributed by atoms with Crippen LogP contribution in [0.5, 0.6) is 0 Å². The predicted molar refractivity (Wildman–Crippen MR) is 116 cm³/mol. The molecule has 148 valence electrons. The summed E-state index contributed by atoms with van der Waals surface area (Å²) in [5, 5.41) is 15.0. The monoisotopic (exact) mass is 454 g/mol. The van der Waals surface area contributed by atoms with E-state index in [1.54, 1.807) is 23.5 Å². The summed E-state index contributed by atoms with van der Waals surface area (Å²) in [4.78, 5) is 13.9. The predicted octanol–water partition coefficient (Wildman–Crippen LogP) is 5.13. The average molecular weight is 455 g/mol. The zero-order chi connectivity index (χ0) is 20.3. The van der Waals surface area contributed by atoms with Gasteiger partial charge in [-0.05, 0) is 43.0 Å². The van der Waals surface area contributed by atoms with Gasteiger partial charge in [0, 0.05) is 28.4 Å². The van der Waals surface area contributed by atoms with Crippen molar-refractivity contribution in [3.63, 3.8) is 0 Å². The molecule has 3 rings (SSSR count). The Labute approximate surface area is 182 Å². The maximum atomic E-state index is 12.6. The number of aromatic nitrogens is 3. The smallest absolute Gasteiger partial charge is 0.233 e. The number of carbonyl (C=O) groups is 1. The number of nitrogens with one attached hydrogen (secondary N) is 1. The standard InChI is InChI=1S/C19H20Cl2N4OS2/c1-11(15-7-6-13(20)9-16(15)21)22-18(26)12(2)28-19-24-23-17(25(19)3)10-14-5-4-8-27-14/h4-9,11-12H,10H2,1-3H3,(H,22,26). The van der Waals surface area contributed by atoms with Crippen LogP contribution in [0.4, 0.5) is 0 Å². The molecule has 0 fully saturated rings. The van der Waals surface area contributed by atoms with Crippen molar-refractivity contribution in [2.45, 2.75) is 36.7 Å². The second kappa shape index (κ2) is 9.31. The summed E-state index contributed by atoms with van der Waals surface area (Å²) >= 11 is 15.2. The normalized spacial score (nSPS) is 13.3. The van der Waals surface area contributed by atoms with E-state index >= 15 is 0 Å². The van der Waals surface area contributed by atoms with Gasteiger partial charge in [0.1, 0.15) is 5.82 Å². The Morgan fingerprint density at radius 2 is 2.07 bits per heavy atom. The first-order valence-corrected chi connectivity index (χ1v) is 11.2. The number of thiophene rings is 1. The van der Waals surface area contributed by atoms with Gasteiger partial charge >= 0.3 is 0 Å². The fourth-order valence-electron chi connectivity index (χ4n) is 2.64. The van der Waals surface area contributed by atoms with Crippen LogP contribution in [0, 0.1) is 0 Å². The van der Waals surface area contributed by atoms with Crippen LogP contribution < -0.4 is 5.32 Å². The lowest BCUT2D eigenvalue weighted by Gasteiger charge is -2.18. The van der Waals surface area contributed by atoms with Gasteiger partial charge in [-0.1, -0.05) is 47.1 Å². The maximum Gasteiger partial charge on any atom is 0.233 e. The lowest BCUT2D eigenvalue weighted by atomic mass is 10.1. The minimum Gasteiger partial charge on any atom is -0.349 e. The van der Waals surface area contributed by atoms with Crippen LogP contribution >= 0.6 is 46.3 Å². The largest absolute Gasteiger partial charge is 0.349 e. The molecule has 28 heavy (non-hydrogen) atoms. The highest BCUT2D eigenvalue weighted by Gasteiger charge is 2.21. The molecule has 0 saturated heterocycles. The first-order chi connectivity index (χ1) is 13.3. The number of thioether (sulfide) groups is 1. The molecule has 2 heterocycles. The molecule has 2 atom stereocenters. The third-order valence-electron chi connectivity index (χ3n) is 4.28. The van der Waals surface area contributed by atoms with Gasteiger partial charge in [0.2, 0.25) is 5.91 Å². The highest BCUT2D eigenvalue weighted by atomic mass is 35.5. The van der Waals surface area contributed by atoms with Gasteiger partial charge in [0.25, 0.3) is 0 Å². The minimum atomic E-state index is -0.328. The quantitative estimate of drug-likeness (QED) is 0.502. The van der Waals surface area contributed by atoms with Crippen LogP contribution in [-0.2, 0) is 18.3 Å². The van der Waals surface area contributed by atoms with Crippen molar-refractivity contribution in [2.24, 2.45) is 7.05 Å². The molecule has 0 aliphatic carbocycles. The summed E-state index contributed by atoms with van der Waals surface area (Å²) < 4.78 is 1.94. The minimum absolute atomic E-state index is 0.0914. The lowest BCUT2D eigenvalue weighted by Crippen LogP contribution is -2.33. The van der Waals surface area contributed by atoms with Crippen molar-refractivity contribution < 1.29 is 4.79 Å². The summed E-state index contributed by atoms with van der Waals surface area (Å²) in [6.45, 7) is 3.75. The maximum absolute atomic E-state index is 12.6. The molecule has 2 unspecified atom stereocenters. The van der Waals surface area contributed by atoms with Gasteiger partial charge in [0.05, 0.1) is 11.3 Å². The highest BCUT2D eigenvalue weighted by Crippen LogP contribution is 2.27. The Hall–Kier alpha value is -1.54. The first-order valence-electron chi connectivity index (χ1n) is 8.67. The first kappa shape index (κ1) is 21.2. The van der Waals surface area contributed by atoms with E-state index in [4.69, 9.17) is 23.2 Å². The zero-order valence-corrected chi connectivity index (χ0v) is 18.8. The second-order valence-corrected chi connectivity index (χ2v) is 9.55. The molecule has 0 aliphatic rings. The number of carbonyl (C=O) groups excluding carboxylic acids is 1. The molecule has 2 aromatic heterocycles. The summed E-state index contributed by atoms with van der Waals surface area (Å²) in [5.41, 5.74) is 0.827. The highest BCUT2D eigenvalue weighted by molar-refractivity contribution is 8.00. The second-order valence-electron chi connectivity index (χ2n) is 6.37. The fourth-order valence-corrected chi connectivity index (χ4v) is 4.76. The van der Waals surface area contributed by atoms with Gasteiger partial charge < -0.3 is 9.88 Å². The number of halogens is 2. The van der Waals surface area contributed by atoms with Crippen molar-refractivity contribution in [3.05, 3.63) is 62.0 Å². The molecule has 1 amide bonds. The number of nitrogens with zero attached hydrogens (tertiary/aromatic N) is 3. The summed E-state index contributed by atoms with van der Waals surface area (Å²) in [7, 11) is 1.92. The number of rotatable bonds is 7. The number of benzene rings is 1. The molecular weight excluding hydrogens is 435 g/mol. The Morgan fingerprint density at radius 3 is 2.75 bits per heavy atom. The van der Waals surface area contributed by atoms with E-state index in [1.165, 1.54) is 16.6 Å². The van der Waals surface area contributed by atoms with E-state index in [1.807, 2.05) is 43.0 Å². The van der Waals surface area contributed by atoms with Gasteiger partial charge in [0.15, 0.2) is 5.16 Å². The van der Waals surface area contributed by atoms with Crippen molar-refractivity contribution in [2.75, 3.05) is 0 Å². The van der Waals surface area contributed by atoms with E-state index in [-0.39, 0.29) is 17.2 Å². The van der Waals surface area contributed by atoms with Crippen molar-refractivity contribution in [1.82, 2.24) is 20.1 Å². The molecule has 5 nitrogen and oxygen atoms in total. The third kappa shape index (κ3) is 5.08. The van der Waals surface area contributed by atoms with Crippen molar-refractivity contribution >= 4 is 52.2 Å². The molecule has 9 heteroatoms. The molecular formula is C19H20Cl2N4OS2. The summed E-state index contributed by atoms with van der Waals surface area (Å²) in [5.74, 6) is 0.783.